The summed E-state index contributed by atoms with van der Waals surface area (Å²) < 4.78 is 5.72. The van der Waals surface area contributed by atoms with Crippen LogP contribution in [0.25, 0.3) is 0 Å². The van der Waals surface area contributed by atoms with Crippen LogP contribution in [0.3, 0.4) is 0 Å². The Labute approximate surface area is 89.8 Å². The van der Waals surface area contributed by atoms with Crippen LogP contribution in [0.15, 0.2) is 0 Å². The summed E-state index contributed by atoms with van der Waals surface area (Å²) in [4.78, 5) is 2.51. The fourth-order valence-corrected chi connectivity index (χ4v) is 2.31. The van der Waals surface area contributed by atoms with Gasteiger partial charge in [-0.05, 0) is 31.6 Å². The van der Waals surface area contributed by atoms with Crippen molar-refractivity contribution < 1.29 is 4.74 Å². The SMILES string of the molecule is NC(=S)NCC1CN2CCCC2CO1. The second-order valence-corrected chi connectivity index (χ2v) is 4.43. The van der Waals surface area contributed by atoms with Crippen LogP contribution in [0.4, 0.5) is 0 Å². The molecule has 0 aromatic carbocycles. The average molecular weight is 215 g/mol. The molecule has 0 aromatic heterocycles. The molecule has 2 fully saturated rings. The monoisotopic (exact) mass is 215 g/mol. The molecule has 0 spiro atoms. The molecule has 0 amide bonds. The molecule has 3 N–H and O–H groups in total. The van der Waals surface area contributed by atoms with Crippen LogP contribution in [0, 0.1) is 0 Å². The number of nitrogens with two attached hydrogens (primary N) is 1. The van der Waals surface area contributed by atoms with E-state index < -0.39 is 0 Å². The van der Waals surface area contributed by atoms with Gasteiger partial charge in [0.15, 0.2) is 5.11 Å². The molecule has 2 heterocycles. The Balaban J connectivity index is 1.77. The Morgan fingerprint density at radius 3 is 3.29 bits per heavy atom. The molecule has 0 bridgehead atoms. The molecule has 2 unspecified atom stereocenters. The number of nitrogens with one attached hydrogen (secondary N) is 1. The predicted octanol–water partition coefficient (Wildman–Crippen LogP) is -0.317. The number of hydrogen-bond acceptors (Lipinski definition) is 3. The summed E-state index contributed by atoms with van der Waals surface area (Å²) in [5.74, 6) is 0. The van der Waals surface area contributed by atoms with Crippen molar-refractivity contribution in [3.8, 4) is 0 Å². The number of nitrogens with zero attached hydrogens (tertiary/aromatic N) is 1. The summed E-state index contributed by atoms with van der Waals surface area (Å²) in [5, 5.41) is 3.31. The van der Waals surface area contributed by atoms with E-state index in [0.717, 1.165) is 19.7 Å². The number of morpholine rings is 1. The molecule has 0 aromatic rings. The van der Waals surface area contributed by atoms with Crippen molar-refractivity contribution in [1.29, 1.82) is 0 Å². The topological polar surface area (TPSA) is 50.5 Å². The van der Waals surface area contributed by atoms with E-state index >= 15 is 0 Å². The van der Waals surface area contributed by atoms with E-state index in [4.69, 9.17) is 22.7 Å². The van der Waals surface area contributed by atoms with Crippen LogP contribution >= 0.6 is 12.2 Å². The maximum atomic E-state index is 5.72. The zero-order chi connectivity index (χ0) is 9.97. The van der Waals surface area contributed by atoms with Gasteiger partial charge in [0.25, 0.3) is 0 Å². The lowest BCUT2D eigenvalue weighted by Crippen LogP contribution is -2.50. The van der Waals surface area contributed by atoms with Gasteiger partial charge in [0.1, 0.15) is 0 Å². The number of rotatable bonds is 2. The van der Waals surface area contributed by atoms with Crippen LogP contribution < -0.4 is 11.1 Å². The molecule has 14 heavy (non-hydrogen) atoms. The number of fused-ring (bicyclic) bond motifs is 1. The highest BCUT2D eigenvalue weighted by Crippen LogP contribution is 2.22. The van der Waals surface area contributed by atoms with Crippen LogP contribution in [-0.4, -0.2) is 48.4 Å². The maximum Gasteiger partial charge on any atom is 0.163 e. The third-order valence-corrected chi connectivity index (χ3v) is 3.11. The van der Waals surface area contributed by atoms with Gasteiger partial charge in [-0.25, -0.2) is 0 Å². The van der Waals surface area contributed by atoms with E-state index in [1.807, 2.05) is 0 Å². The molecular weight excluding hydrogens is 198 g/mol. The van der Waals surface area contributed by atoms with Gasteiger partial charge in [-0.1, -0.05) is 0 Å². The first-order valence-corrected chi connectivity index (χ1v) is 5.55. The van der Waals surface area contributed by atoms with Crippen molar-refractivity contribution in [2.75, 3.05) is 26.2 Å². The van der Waals surface area contributed by atoms with Gasteiger partial charge in [0, 0.05) is 19.1 Å². The summed E-state index contributed by atoms with van der Waals surface area (Å²) in [6, 6.07) is 0.663. The third-order valence-electron chi connectivity index (χ3n) is 2.97. The van der Waals surface area contributed by atoms with Crippen molar-refractivity contribution in [1.82, 2.24) is 10.2 Å². The molecule has 2 aliphatic heterocycles. The zero-order valence-electron chi connectivity index (χ0n) is 8.24. The minimum Gasteiger partial charge on any atom is -0.376 e. The minimum atomic E-state index is 0.242. The average Bonchev–Trinajstić information content (AvgIpc) is 2.61. The molecular formula is C9H17N3OS. The Bertz CT molecular complexity index is 224. The Kier molecular flexibility index (Phi) is 3.20. The molecule has 2 rings (SSSR count). The summed E-state index contributed by atoms with van der Waals surface area (Å²) >= 11 is 4.75. The molecule has 0 saturated carbocycles. The normalized spacial score (nSPS) is 32.6. The van der Waals surface area contributed by atoms with E-state index in [1.54, 1.807) is 0 Å². The first-order chi connectivity index (χ1) is 6.75. The van der Waals surface area contributed by atoms with E-state index in [1.165, 1.54) is 19.4 Å². The van der Waals surface area contributed by atoms with E-state index in [0.29, 0.717) is 11.2 Å². The van der Waals surface area contributed by atoms with Crippen LogP contribution in [0.2, 0.25) is 0 Å². The van der Waals surface area contributed by atoms with E-state index in [-0.39, 0.29) is 6.10 Å². The summed E-state index contributed by atoms with van der Waals surface area (Å²) in [5.41, 5.74) is 5.37. The quantitative estimate of drug-likeness (QED) is 0.619. The van der Waals surface area contributed by atoms with Crippen molar-refractivity contribution in [3.05, 3.63) is 0 Å². The summed E-state index contributed by atoms with van der Waals surface area (Å²) in [7, 11) is 0. The second-order valence-electron chi connectivity index (χ2n) is 3.99. The molecule has 2 aliphatic rings. The van der Waals surface area contributed by atoms with Crippen LogP contribution in [-0.2, 0) is 4.74 Å². The maximum absolute atomic E-state index is 5.72. The number of hydrogen-bond donors (Lipinski definition) is 2. The van der Waals surface area contributed by atoms with Gasteiger partial charge in [-0.2, -0.15) is 0 Å². The molecule has 2 atom stereocenters. The van der Waals surface area contributed by atoms with E-state index in [2.05, 4.69) is 10.2 Å². The Morgan fingerprint density at radius 1 is 1.64 bits per heavy atom. The van der Waals surface area contributed by atoms with Gasteiger partial charge in [-0.15, -0.1) is 0 Å². The van der Waals surface area contributed by atoms with Crippen molar-refractivity contribution in [3.63, 3.8) is 0 Å². The molecule has 5 heteroatoms. The smallest absolute Gasteiger partial charge is 0.163 e. The minimum absolute atomic E-state index is 0.242. The highest BCUT2D eigenvalue weighted by Gasteiger charge is 2.31. The van der Waals surface area contributed by atoms with Gasteiger partial charge < -0.3 is 15.8 Å². The van der Waals surface area contributed by atoms with Crippen molar-refractivity contribution in [2.24, 2.45) is 5.73 Å². The lowest BCUT2D eigenvalue weighted by Gasteiger charge is -2.35. The molecule has 2 saturated heterocycles. The summed E-state index contributed by atoms with van der Waals surface area (Å²) in [6.07, 6.45) is 2.84. The van der Waals surface area contributed by atoms with Crippen molar-refractivity contribution in [2.45, 2.75) is 25.0 Å². The van der Waals surface area contributed by atoms with Gasteiger partial charge in [0.05, 0.1) is 12.7 Å². The largest absolute Gasteiger partial charge is 0.376 e. The Morgan fingerprint density at radius 2 is 2.50 bits per heavy atom. The zero-order valence-corrected chi connectivity index (χ0v) is 9.05. The highest BCUT2D eigenvalue weighted by molar-refractivity contribution is 7.80. The lowest BCUT2D eigenvalue weighted by molar-refractivity contribution is -0.0451. The van der Waals surface area contributed by atoms with Gasteiger partial charge in [-0.3, -0.25) is 4.90 Å². The molecule has 0 radical (unpaired) electrons. The molecule has 80 valence electrons. The second kappa shape index (κ2) is 4.42. The highest BCUT2D eigenvalue weighted by atomic mass is 32.1. The molecule has 4 nitrogen and oxygen atoms in total. The fourth-order valence-electron chi connectivity index (χ4n) is 2.22. The van der Waals surface area contributed by atoms with Crippen LogP contribution in [0.5, 0.6) is 0 Å². The first kappa shape index (κ1) is 10.1. The third kappa shape index (κ3) is 2.34. The lowest BCUT2D eigenvalue weighted by atomic mass is 10.2. The van der Waals surface area contributed by atoms with Crippen LogP contribution in [0.1, 0.15) is 12.8 Å². The van der Waals surface area contributed by atoms with Gasteiger partial charge >= 0.3 is 0 Å². The van der Waals surface area contributed by atoms with Crippen molar-refractivity contribution >= 4 is 17.3 Å². The standard InChI is InChI=1S/C9H17N3OS/c10-9(14)11-4-8-5-12-3-1-2-7(12)6-13-8/h7-8H,1-6H2,(H3,10,11,14). The predicted molar refractivity (Wildman–Crippen MR) is 59.1 cm³/mol. The van der Waals surface area contributed by atoms with E-state index in [9.17, 15) is 0 Å². The number of thiocarbonyl (C=S) groups is 1. The molecule has 0 aliphatic carbocycles. The first-order valence-electron chi connectivity index (χ1n) is 5.14. The number of ether oxygens (including phenoxy) is 1. The van der Waals surface area contributed by atoms with Gasteiger partial charge in [0.2, 0.25) is 0 Å². The Hall–Kier alpha value is -0.390. The fraction of sp³-hybridized carbons (Fsp3) is 0.889. The summed E-state index contributed by atoms with van der Waals surface area (Å²) in [6.45, 7) is 3.83.